The fourth-order valence-electron chi connectivity index (χ4n) is 2.11. The molecule has 6 nitrogen and oxygen atoms in total. The van der Waals surface area contributed by atoms with Crippen LogP contribution in [0.3, 0.4) is 0 Å². The van der Waals surface area contributed by atoms with E-state index in [1.54, 1.807) is 20.2 Å². The number of aryl methyl sites for hydroxylation is 2. The van der Waals surface area contributed by atoms with Crippen LogP contribution in [-0.2, 0) is 18.3 Å². The molecular formula is C15H17N3O3. The van der Waals surface area contributed by atoms with E-state index in [0.717, 1.165) is 5.56 Å². The van der Waals surface area contributed by atoms with E-state index in [9.17, 15) is 14.7 Å². The van der Waals surface area contributed by atoms with Gasteiger partial charge in [0.05, 0.1) is 11.3 Å². The molecule has 1 aromatic carbocycles. The third-order valence-electron chi connectivity index (χ3n) is 3.14. The molecule has 2 rings (SSSR count). The number of benzene rings is 1. The Kier molecular flexibility index (Phi) is 4.37. The zero-order chi connectivity index (χ0) is 15.4. The molecule has 110 valence electrons. The number of hydrogen-bond donors (Lipinski definition) is 2. The third-order valence-corrected chi connectivity index (χ3v) is 3.14. The van der Waals surface area contributed by atoms with Gasteiger partial charge in [0.1, 0.15) is 6.04 Å². The molecular weight excluding hydrogens is 270 g/mol. The summed E-state index contributed by atoms with van der Waals surface area (Å²) in [5.74, 6) is -1.49. The minimum Gasteiger partial charge on any atom is -0.480 e. The molecule has 0 radical (unpaired) electrons. The zero-order valence-corrected chi connectivity index (χ0v) is 11.9. The van der Waals surface area contributed by atoms with Gasteiger partial charge in [0.25, 0.3) is 5.91 Å². The van der Waals surface area contributed by atoms with E-state index in [4.69, 9.17) is 0 Å². The lowest BCUT2D eigenvalue weighted by molar-refractivity contribution is -0.139. The lowest BCUT2D eigenvalue weighted by atomic mass is 10.1. The van der Waals surface area contributed by atoms with Crippen molar-refractivity contribution in [3.8, 4) is 0 Å². The third kappa shape index (κ3) is 3.68. The number of carbonyl (C=O) groups excluding carboxylic acids is 1. The highest BCUT2D eigenvalue weighted by Gasteiger charge is 2.22. The van der Waals surface area contributed by atoms with Crippen molar-refractivity contribution in [2.24, 2.45) is 7.05 Å². The molecule has 0 fully saturated rings. The van der Waals surface area contributed by atoms with Gasteiger partial charge in [-0.3, -0.25) is 9.48 Å². The molecule has 1 heterocycles. The number of rotatable bonds is 5. The molecule has 1 aromatic heterocycles. The molecule has 0 aliphatic carbocycles. The van der Waals surface area contributed by atoms with E-state index in [0.29, 0.717) is 11.3 Å². The van der Waals surface area contributed by atoms with Gasteiger partial charge in [-0.05, 0) is 12.5 Å². The van der Waals surface area contributed by atoms with E-state index in [1.165, 1.54) is 4.68 Å². The first kappa shape index (κ1) is 14.8. The number of nitrogens with one attached hydrogen (secondary N) is 1. The van der Waals surface area contributed by atoms with Gasteiger partial charge in [-0.15, -0.1) is 0 Å². The highest BCUT2D eigenvalue weighted by molar-refractivity contribution is 5.97. The summed E-state index contributed by atoms with van der Waals surface area (Å²) in [4.78, 5) is 23.5. The summed E-state index contributed by atoms with van der Waals surface area (Å²) in [6.45, 7) is 1.71. The second-order valence-corrected chi connectivity index (χ2v) is 4.86. The van der Waals surface area contributed by atoms with Crippen LogP contribution in [0.4, 0.5) is 0 Å². The highest BCUT2D eigenvalue weighted by atomic mass is 16.4. The van der Waals surface area contributed by atoms with Crippen LogP contribution in [0, 0.1) is 6.92 Å². The molecule has 0 bridgehead atoms. The first-order valence-corrected chi connectivity index (χ1v) is 6.55. The molecule has 1 atom stereocenters. The maximum absolute atomic E-state index is 12.2. The van der Waals surface area contributed by atoms with Crippen molar-refractivity contribution in [1.29, 1.82) is 0 Å². The highest BCUT2D eigenvalue weighted by Crippen LogP contribution is 2.07. The molecule has 2 N–H and O–H groups in total. The van der Waals surface area contributed by atoms with Crippen LogP contribution in [0.15, 0.2) is 36.5 Å². The van der Waals surface area contributed by atoms with Crippen molar-refractivity contribution in [3.63, 3.8) is 0 Å². The maximum atomic E-state index is 12.2. The Hall–Kier alpha value is -2.63. The molecule has 0 aliphatic rings. The lowest BCUT2D eigenvalue weighted by Gasteiger charge is -2.14. The smallest absolute Gasteiger partial charge is 0.326 e. The summed E-state index contributed by atoms with van der Waals surface area (Å²) in [5, 5.41) is 15.9. The SMILES string of the molecule is Cc1nn(C)cc1C(=O)N[C@H](Cc1ccccc1)C(=O)O. The van der Waals surface area contributed by atoms with Crippen LogP contribution in [0.1, 0.15) is 21.6 Å². The number of aromatic nitrogens is 2. The van der Waals surface area contributed by atoms with Crippen LogP contribution >= 0.6 is 0 Å². The summed E-state index contributed by atoms with van der Waals surface area (Å²) in [6.07, 6.45) is 1.81. The molecule has 6 heteroatoms. The normalized spacial score (nSPS) is 11.9. The lowest BCUT2D eigenvalue weighted by Crippen LogP contribution is -2.42. The zero-order valence-electron chi connectivity index (χ0n) is 11.9. The van der Waals surface area contributed by atoms with Crippen molar-refractivity contribution < 1.29 is 14.7 Å². The van der Waals surface area contributed by atoms with Crippen LogP contribution in [0.25, 0.3) is 0 Å². The molecule has 0 spiro atoms. The van der Waals surface area contributed by atoms with E-state index >= 15 is 0 Å². The maximum Gasteiger partial charge on any atom is 0.326 e. The fourth-order valence-corrected chi connectivity index (χ4v) is 2.11. The molecule has 1 amide bonds. The molecule has 0 saturated heterocycles. The molecule has 2 aromatic rings. The molecule has 0 aliphatic heterocycles. The molecule has 21 heavy (non-hydrogen) atoms. The number of nitrogens with zero attached hydrogens (tertiary/aromatic N) is 2. The van der Waals surface area contributed by atoms with Crippen molar-refractivity contribution in [2.75, 3.05) is 0 Å². The average Bonchev–Trinajstić information content (AvgIpc) is 2.78. The van der Waals surface area contributed by atoms with Crippen molar-refractivity contribution in [3.05, 3.63) is 53.3 Å². The first-order valence-electron chi connectivity index (χ1n) is 6.55. The number of aliphatic carboxylic acids is 1. The standard InChI is InChI=1S/C15H17N3O3/c1-10-12(9-18(2)17-10)14(19)16-13(15(20)21)8-11-6-4-3-5-7-11/h3-7,9,13H,8H2,1-2H3,(H,16,19)(H,20,21)/t13-/m1/s1. The topological polar surface area (TPSA) is 84.2 Å². The minimum absolute atomic E-state index is 0.237. The van der Waals surface area contributed by atoms with Gasteiger partial charge in [-0.25, -0.2) is 4.79 Å². The second kappa shape index (κ2) is 6.21. The van der Waals surface area contributed by atoms with Crippen molar-refractivity contribution in [2.45, 2.75) is 19.4 Å². The van der Waals surface area contributed by atoms with Crippen LogP contribution in [-0.4, -0.2) is 32.8 Å². The van der Waals surface area contributed by atoms with Crippen LogP contribution in [0.5, 0.6) is 0 Å². The Morgan fingerprint density at radius 1 is 1.33 bits per heavy atom. The quantitative estimate of drug-likeness (QED) is 0.864. The monoisotopic (exact) mass is 287 g/mol. The predicted octanol–water partition coefficient (Wildman–Crippen LogP) is 1.15. The number of amides is 1. The molecule has 0 saturated carbocycles. The summed E-state index contributed by atoms with van der Waals surface area (Å²) in [5.41, 5.74) is 1.81. The minimum atomic E-state index is -1.06. The van der Waals surface area contributed by atoms with E-state index in [2.05, 4.69) is 10.4 Å². The number of carbonyl (C=O) groups is 2. The van der Waals surface area contributed by atoms with Gasteiger partial charge >= 0.3 is 5.97 Å². The van der Waals surface area contributed by atoms with Gasteiger partial charge in [0.15, 0.2) is 0 Å². The number of hydrogen-bond acceptors (Lipinski definition) is 3. The van der Waals surface area contributed by atoms with Crippen LogP contribution < -0.4 is 5.32 Å². The number of carboxylic acid groups (broad SMARTS) is 1. The van der Waals surface area contributed by atoms with Crippen LogP contribution in [0.2, 0.25) is 0 Å². The Bertz CT molecular complexity index is 649. The summed E-state index contributed by atoms with van der Waals surface area (Å²) in [7, 11) is 1.71. The molecule has 0 unspecified atom stereocenters. The Balaban J connectivity index is 2.11. The Morgan fingerprint density at radius 3 is 2.52 bits per heavy atom. The second-order valence-electron chi connectivity index (χ2n) is 4.86. The van der Waals surface area contributed by atoms with Gasteiger partial charge in [-0.1, -0.05) is 30.3 Å². The Morgan fingerprint density at radius 2 is 2.00 bits per heavy atom. The van der Waals surface area contributed by atoms with E-state index in [-0.39, 0.29) is 6.42 Å². The van der Waals surface area contributed by atoms with Gasteiger partial charge in [0, 0.05) is 19.7 Å². The summed E-state index contributed by atoms with van der Waals surface area (Å²) < 4.78 is 1.53. The fraction of sp³-hybridized carbons (Fsp3) is 0.267. The number of carboxylic acids is 1. The van der Waals surface area contributed by atoms with Gasteiger partial charge in [-0.2, -0.15) is 5.10 Å². The summed E-state index contributed by atoms with van der Waals surface area (Å²) in [6, 6.07) is 8.22. The van der Waals surface area contributed by atoms with Gasteiger partial charge in [0.2, 0.25) is 0 Å². The largest absolute Gasteiger partial charge is 0.480 e. The van der Waals surface area contributed by atoms with Crippen molar-refractivity contribution in [1.82, 2.24) is 15.1 Å². The predicted molar refractivity (Wildman–Crippen MR) is 77.0 cm³/mol. The first-order chi connectivity index (χ1) is 9.97. The van der Waals surface area contributed by atoms with Crippen molar-refractivity contribution >= 4 is 11.9 Å². The Labute approximate surface area is 122 Å². The van der Waals surface area contributed by atoms with Gasteiger partial charge < -0.3 is 10.4 Å². The van der Waals surface area contributed by atoms with E-state index in [1.807, 2.05) is 30.3 Å². The van der Waals surface area contributed by atoms with E-state index < -0.39 is 17.9 Å². The average molecular weight is 287 g/mol. The summed E-state index contributed by atoms with van der Waals surface area (Å²) >= 11 is 0.